The fraction of sp³-hybridized carbons (Fsp3) is 0.312. The first-order valence-electron chi connectivity index (χ1n) is 7.79. The predicted molar refractivity (Wildman–Crippen MR) is 99.7 cm³/mol. The number of rotatable bonds is 6. The van der Waals surface area contributed by atoms with Crippen LogP contribution in [-0.4, -0.2) is 36.1 Å². The minimum absolute atomic E-state index is 0.109. The molecule has 0 aliphatic carbocycles. The van der Waals surface area contributed by atoms with Crippen LogP contribution in [0.25, 0.3) is 10.6 Å². The van der Waals surface area contributed by atoms with Crippen molar-refractivity contribution < 1.29 is 4.79 Å². The number of nitrogens with one attached hydrogen (secondary N) is 1. The summed E-state index contributed by atoms with van der Waals surface area (Å²) in [4.78, 5) is 12.5. The lowest BCUT2D eigenvalue weighted by Gasteiger charge is -2.12. The van der Waals surface area contributed by atoms with Gasteiger partial charge in [-0.2, -0.15) is 0 Å². The largest absolute Gasteiger partial charge is 0.312 e. The highest BCUT2D eigenvalue weighted by molar-refractivity contribution is 8.00. The maximum Gasteiger partial charge on any atom is 0.239 e. The molecule has 1 unspecified atom stereocenters. The van der Waals surface area contributed by atoms with Crippen LogP contribution in [0.15, 0.2) is 35.7 Å². The van der Waals surface area contributed by atoms with Gasteiger partial charge in [-0.3, -0.25) is 10.1 Å². The number of benzene rings is 1. The van der Waals surface area contributed by atoms with Crippen LogP contribution in [0.5, 0.6) is 0 Å². The Morgan fingerprint density at radius 1 is 1.36 bits per heavy atom. The smallest absolute Gasteiger partial charge is 0.239 e. The molecule has 0 bridgehead atoms. The average molecular weight is 374 g/mol. The Hall–Kier alpha value is -2.26. The fourth-order valence-electron chi connectivity index (χ4n) is 2.18. The summed E-state index contributed by atoms with van der Waals surface area (Å²) in [5.41, 5.74) is 2.16. The molecule has 7 nitrogen and oxygen atoms in total. The Bertz CT molecular complexity index is 875. The zero-order valence-electron chi connectivity index (χ0n) is 14.1. The van der Waals surface area contributed by atoms with Crippen LogP contribution >= 0.6 is 23.1 Å². The molecule has 2 aromatic heterocycles. The highest BCUT2D eigenvalue weighted by atomic mass is 32.2. The van der Waals surface area contributed by atoms with Crippen LogP contribution in [0.2, 0.25) is 0 Å². The van der Waals surface area contributed by atoms with Gasteiger partial charge in [-0.15, -0.1) is 20.4 Å². The highest BCUT2D eigenvalue weighted by Crippen LogP contribution is 2.28. The minimum atomic E-state index is -0.269. The van der Waals surface area contributed by atoms with Gasteiger partial charge in [-0.1, -0.05) is 53.8 Å². The van der Waals surface area contributed by atoms with Gasteiger partial charge in [0.15, 0.2) is 5.16 Å². The second kappa shape index (κ2) is 7.75. The van der Waals surface area contributed by atoms with E-state index in [-0.39, 0.29) is 11.2 Å². The maximum atomic E-state index is 12.5. The Balaban J connectivity index is 1.69. The van der Waals surface area contributed by atoms with Crippen molar-refractivity contribution in [2.75, 3.05) is 5.32 Å². The molecular weight excluding hydrogens is 356 g/mol. The van der Waals surface area contributed by atoms with Crippen LogP contribution in [0, 0.1) is 6.92 Å². The van der Waals surface area contributed by atoms with E-state index in [0.717, 1.165) is 16.1 Å². The van der Waals surface area contributed by atoms with Gasteiger partial charge in [0.1, 0.15) is 11.3 Å². The molecule has 130 valence electrons. The molecule has 3 aromatic rings. The van der Waals surface area contributed by atoms with Gasteiger partial charge in [0.05, 0.1) is 5.25 Å². The SMILES string of the molecule is CCC(Sc1nncn1C)C(=O)Nc1nnc(-c2cccc(C)c2)s1. The van der Waals surface area contributed by atoms with E-state index >= 15 is 0 Å². The molecule has 25 heavy (non-hydrogen) atoms. The number of anilines is 1. The Labute approximate surface area is 153 Å². The number of thioether (sulfide) groups is 1. The summed E-state index contributed by atoms with van der Waals surface area (Å²) in [5.74, 6) is -0.109. The Morgan fingerprint density at radius 3 is 2.88 bits per heavy atom. The molecule has 9 heteroatoms. The van der Waals surface area contributed by atoms with E-state index in [1.54, 1.807) is 10.9 Å². The molecule has 2 heterocycles. The Kier molecular flexibility index (Phi) is 5.44. The molecule has 0 spiro atoms. The molecule has 0 aliphatic rings. The number of aryl methyl sites for hydroxylation is 2. The molecule has 1 atom stereocenters. The van der Waals surface area contributed by atoms with Gasteiger partial charge in [0, 0.05) is 12.6 Å². The first-order chi connectivity index (χ1) is 12.1. The van der Waals surface area contributed by atoms with Gasteiger partial charge in [0.2, 0.25) is 11.0 Å². The number of carbonyl (C=O) groups is 1. The third-order valence-corrected chi connectivity index (χ3v) is 5.80. The van der Waals surface area contributed by atoms with Gasteiger partial charge in [-0.05, 0) is 19.4 Å². The van der Waals surface area contributed by atoms with E-state index in [2.05, 4.69) is 25.7 Å². The molecule has 3 rings (SSSR count). The first-order valence-corrected chi connectivity index (χ1v) is 9.48. The molecular formula is C16H18N6OS2. The summed E-state index contributed by atoms with van der Waals surface area (Å²) in [6, 6.07) is 8.04. The average Bonchev–Trinajstić information content (AvgIpc) is 3.21. The number of carbonyl (C=O) groups excluding carboxylic acids is 1. The van der Waals surface area contributed by atoms with E-state index in [4.69, 9.17) is 0 Å². The lowest BCUT2D eigenvalue weighted by atomic mass is 10.1. The summed E-state index contributed by atoms with van der Waals surface area (Å²) in [6.45, 7) is 3.99. The summed E-state index contributed by atoms with van der Waals surface area (Å²) in [6.07, 6.45) is 2.29. The first kappa shape index (κ1) is 17.6. The number of aromatic nitrogens is 5. The van der Waals surface area contributed by atoms with Gasteiger partial charge >= 0.3 is 0 Å². The third kappa shape index (κ3) is 4.23. The normalized spacial score (nSPS) is 12.1. The number of nitrogens with zero attached hydrogens (tertiary/aromatic N) is 5. The molecule has 0 fully saturated rings. The minimum Gasteiger partial charge on any atom is -0.312 e. The van der Waals surface area contributed by atoms with Crippen molar-refractivity contribution in [3.05, 3.63) is 36.2 Å². The van der Waals surface area contributed by atoms with E-state index in [9.17, 15) is 4.79 Å². The van der Waals surface area contributed by atoms with Crippen LogP contribution < -0.4 is 5.32 Å². The predicted octanol–water partition coefficient (Wildman–Crippen LogP) is 3.15. The standard InChI is InChI=1S/C16H18N6OS2/c1-4-12(24-16-21-17-9-22(16)3)13(23)18-15-20-19-14(25-15)11-7-5-6-10(2)8-11/h5-9,12H,4H2,1-3H3,(H,18,20,23). The molecule has 0 aliphatic heterocycles. The van der Waals surface area contributed by atoms with Gasteiger partial charge in [0.25, 0.3) is 0 Å². The Morgan fingerprint density at radius 2 is 2.20 bits per heavy atom. The van der Waals surface area contributed by atoms with Crippen molar-refractivity contribution >= 4 is 34.1 Å². The molecule has 0 saturated carbocycles. The molecule has 1 N–H and O–H groups in total. The zero-order valence-corrected chi connectivity index (χ0v) is 15.8. The van der Waals surface area contributed by atoms with Crippen LogP contribution in [0.4, 0.5) is 5.13 Å². The summed E-state index contributed by atoms with van der Waals surface area (Å²) >= 11 is 2.75. The van der Waals surface area contributed by atoms with Gasteiger partial charge < -0.3 is 4.57 Å². The lowest BCUT2D eigenvalue weighted by Crippen LogP contribution is -2.24. The zero-order chi connectivity index (χ0) is 17.8. The van der Waals surface area contributed by atoms with E-state index < -0.39 is 0 Å². The summed E-state index contributed by atoms with van der Waals surface area (Å²) in [5, 5.41) is 20.7. The van der Waals surface area contributed by atoms with Crippen molar-refractivity contribution in [1.82, 2.24) is 25.0 Å². The van der Waals surface area contributed by atoms with Crippen LogP contribution in [0.3, 0.4) is 0 Å². The topological polar surface area (TPSA) is 85.6 Å². The third-order valence-electron chi connectivity index (χ3n) is 3.50. The van der Waals surface area contributed by atoms with E-state index in [0.29, 0.717) is 16.7 Å². The van der Waals surface area contributed by atoms with Crippen LogP contribution in [-0.2, 0) is 11.8 Å². The van der Waals surface area contributed by atoms with Gasteiger partial charge in [-0.25, -0.2) is 0 Å². The molecule has 1 amide bonds. The maximum absolute atomic E-state index is 12.5. The number of amides is 1. The van der Waals surface area contributed by atoms with Crippen molar-refractivity contribution in [2.24, 2.45) is 7.05 Å². The van der Waals surface area contributed by atoms with Crippen molar-refractivity contribution in [1.29, 1.82) is 0 Å². The number of hydrogen-bond acceptors (Lipinski definition) is 7. The molecule has 1 aromatic carbocycles. The van der Waals surface area contributed by atoms with Crippen LogP contribution in [0.1, 0.15) is 18.9 Å². The number of hydrogen-bond donors (Lipinski definition) is 1. The second-order valence-electron chi connectivity index (χ2n) is 5.51. The van der Waals surface area contributed by atoms with E-state index in [1.807, 2.05) is 45.2 Å². The van der Waals surface area contributed by atoms with Crippen molar-refractivity contribution in [3.63, 3.8) is 0 Å². The second-order valence-corrected chi connectivity index (χ2v) is 7.66. The summed E-state index contributed by atoms with van der Waals surface area (Å²) in [7, 11) is 1.85. The van der Waals surface area contributed by atoms with Crippen molar-refractivity contribution in [2.45, 2.75) is 30.7 Å². The summed E-state index contributed by atoms with van der Waals surface area (Å²) < 4.78 is 1.79. The van der Waals surface area contributed by atoms with E-state index in [1.165, 1.54) is 23.1 Å². The van der Waals surface area contributed by atoms with Crippen molar-refractivity contribution in [3.8, 4) is 10.6 Å². The molecule has 0 saturated heterocycles. The highest BCUT2D eigenvalue weighted by Gasteiger charge is 2.21. The quantitative estimate of drug-likeness (QED) is 0.667. The molecule has 0 radical (unpaired) electrons. The monoisotopic (exact) mass is 374 g/mol. The fourth-order valence-corrected chi connectivity index (χ4v) is 3.82. The lowest BCUT2D eigenvalue weighted by molar-refractivity contribution is -0.115.